The second kappa shape index (κ2) is 5.14. The number of nitrogens with two attached hydrogens (primary N) is 1. The highest BCUT2D eigenvalue weighted by Crippen LogP contribution is 2.21. The van der Waals surface area contributed by atoms with Gasteiger partial charge in [0, 0.05) is 12.5 Å². The Morgan fingerprint density at radius 1 is 1.47 bits per heavy atom. The van der Waals surface area contributed by atoms with Crippen LogP contribution >= 0.6 is 0 Å². The van der Waals surface area contributed by atoms with Crippen molar-refractivity contribution < 1.29 is 8.94 Å². The van der Waals surface area contributed by atoms with Crippen molar-refractivity contribution in [2.24, 2.45) is 5.73 Å². The van der Waals surface area contributed by atoms with E-state index in [0.29, 0.717) is 17.5 Å². The molecule has 0 aliphatic rings. The highest BCUT2D eigenvalue weighted by molar-refractivity contribution is 5.50. The van der Waals surface area contributed by atoms with Crippen LogP contribution in [0.25, 0.3) is 11.6 Å². The molecule has 0 fully saturated rings. The minimum atomic E-state index is 0.213. The summed E-state index contributed by atoms with van der Waals surface area (Å²) in [7, 11) is 0. The lowest BCUT2D eigenvalue weighted by Gasteiger charge is -2.00. The molecule has 0 radical (unpaired) electrons. The Bertz CT molecular complexity index is 474. The van der Waals surface area contributed by atoms with E-state index in [9.17, 15) is 0 Å². The van der Waals surface area contributed by atoms with Crippen molar-refractivity contribution in [2.75, 3.05) is 0 Å². The van der Waals surface area contributed by atoms with Crippen molar-refractivity contribution in [3.63, 3.8) is 0 Å². The minimum Gasteiger partial charge on any atom is -0.461 e. The van der Waals surface area contributed by atoms with E-state index in [-0.39, 0.29) is 6.04 Å². The van der Waals surface area contributed by atoms with Gasteiger partial charge in [0.05, 0.1) is 6.26 Å². The van der Waals surface area contributed by atoms with Crippen LogP contribution in [0.3, 0.4) is 0 Å². The van der Waals surface area contributed by atoms with Crippen LogP contribution in [0.5, 0.6) is 0 Å². The second-order valence-electron chi connectivity index (χ2n) is 4.31. The first-order valence-corrected chi connectivity index (χ1v) is 5.79. The summed E-state index contributed by atoms with van der Waals surface area (Å²) in [6.07, 6.45) is 4.29. The summed E-state index contributed by atoms with van der Waals surface area (Å²) >= 11 is 0. The quantitative estimate of drug-likeness (QED) is 0.860. The monoisotopic (exact) mass is 235 g/mol. The summed E-state index contributed by atoms with van der Waals surface area (Å²) in [5.74, 6) is 1.83. The van der Waals surface area contributed by atoms with Crippen LogP contribution in [0.1, 0.15) is 31.2 Å². The number of aromatic nitrogens is 2. The van der Waals surface area contributed by atoms with Gasteiger partial charge < -0.3 is 14.7 Å². The van der Waals surface area contributed by atoms with Gasteiger partial charge >= 0.3 is 0 Å². The zero-order valence-corrected chi connectivity index (χ0v) is 10.1. The molecular weight excluding hydrogens is 218 g/mol. The maximum Gasteiger partial charge on any atom is 0.238 e. The van der Waals surface area contributed by atoms with E-state index in [1.807, 2.05) is 19.9 Å². The van der Waals surface area contributed by atoms with Gasteiger partial charge in [-0.1, -0.05) is 5.16 Å². The molecule has 0 aliphatic heterocycles. The van der Waals surface area contributed by atoms with Crippen LogP contribution in [0.15, 0.2) is 21.3 Å². The molecule has 17 heavy (non-hydrogen) atoms. The fourth-order valence-corrected chi connectivity index (χ4v) is 1.63. The highest BCUT2D eigenvalue weighted by Gasteiger charge is 2.13. The van der Waals surface area contributed by atoms with E-state index in [2.05, 4.69) is 10.1 Å². The maximum absolute atomic E-state index is 5.68. The van der Waals surface area contributed by atoms with Gasteiger partial charge in [-0.25, -0.2) is 0 Å². The van der Waals surface area contributed by atoms with Crippen LogP contribution in [0.4, 0.5) is 0 Å². The van der Waals surface area contributed by atoms with Crippen LogP contribution in [-0.4, -0.2) is 16.2 Å². The Morgan fingerprint density at radius 3 is 2.94 bits per heavy atom. The Hall–Kier alpha value is -1.62. The molecule has 0 saturated heterocycles. The van der Waals surface area contributed by atoms with Gasteiger partial charge in [-0.3, -0.25) is 0 Å². The summed E-state index contributed by atoms with van der Waals surface area (Å²) in [5.41, 5.74) is 6.68. The van der Waals surface area contributed by atoms with Crippen LogP contribution < -0.4 is 5.73 Å². The normalized spacial score (nSPS) is 12.9. The molecule has 0 bridgehead atoms. The van der Waals surface area contributed by atoms with Crippen LogP contribution in [0.2, 0.25) is 0 Å². The molecule has 2 heterocycles. The first-order chi connectivity index (χ1) is 8.16. The SMILES string of the molecule is Cc1ccoc1-c1noc(CCCC(C)N)n1. The Balaban J connectivity index is 1.99. The largest absolute Gasteiger partial charge is 0.461 e. The standard InChI is InChI=1S/C12H17N3O2/c1-8-6-7-16-11(8)12-14-10(17-15-12)5-3-4-9(2)13/h6-7,9H,3-5,13H2,1-2H3. The molecule has 2 aromatic rings. The Kier molecular flexibility index (Phi) is 3.58. The molecule has 5 heteroatoms. The van der Waals surface area contributed by atoms with Gasteiger partial charge in [-0.05, 0) is 38.3 Å². The fraction of sp³-hybridized carbons (Fsp3) is 0.500. The van der Waals surface area contributed by atoms with E-state index in [1.165, 1.54) is 0 Å². The Labute approximate surface area is 100.0 Å². The van der Waals surface area contributed by atoms with Gasteiger partial charge in [0.25, 0.3) is 0 Å². The summed E-state index contributed by atoms with van der Waals surface area (Å²) < 4.78 is 10.5. The number of hydrogen-bond acceptors (Lipinski definition) is 5. The zero-order valence-electron chi connectivity index (χ0n) is 10.1. The van der Waals surface area contributed by atoms with Crippen molar-refractivity contribution in [2.45, 2.75) is 39.2 Å². The summed E-state index contributed by atoms with van der Waals surface area (Å²) in [6, 6.07) is 2.09. The zero-order chi connectivity index (χ0) is 12.3. The third kappa shape index (κ3) is 2.94. The number of furan rings is 1. The molecule has 5 nitrogen and oxygen atoms in total. The topological polar surface area (TPSA) is 78.1 Å². The molecule has 0 amide bonds. The molecule has 0 aromatic carbocycles. The average Bonchev–Trinajstić information content (AvgIpc) is 2.86. The van der Waals surface area contributed by atoms with E-state index >= 15 is 0 Å². The number of nitrogens with zero attached hydrogens (tertiary/aromatic N) is 2. The van der Waals surface area contributed by atoms with Crippen LogP contribution in [0, 0.1) is 6.92 Å². The molecular formula is C12H17N3O2. The third-order valence-corrected chi connectivity index (χ3v) is 2.58. The molecule has 2 N–H and O–H groups in total. The van der Waals surface area contributed by atoms with Crippen molar-refractivity contribution >= 4 is 0 Å². The Morgan fingerprint density at radius 2 is 2.29 bits per heavy atom. The molecule has 0 aliphatic carbocycles. The van der Waals surface area contributed by atoms with E-state index in [4.69, 9.17) is 14.7 Å². The van der Waals surface area contributed by atoms with E-state index in [0.717, 1.165) is 24.8 Å². The summed E-state index contributed by atoms with van der Waals surface area (Å²) in [5, 5.41) is 3.91. The van der Waals surface area contributed by atoms with Gasteiger partial charge in [0.1, 0.15) is 0 Å². The predicted molar refractivity (Wildman–Crippen MR) is 63.3 cm³/mol. The number of aryl methyl sites for hydroxylation is 2. The van der Waals surface area contributed by atoms with Crippen molar-refractivity contribution in [3.05, 3.63) is 23.8 Å². The maximum atomic E-state index is 5.68. The first kappa shape index (κ1) is 11.9. The van der Waals surface area contributed by atoms with Gasteiger partial charge in [-0.2, -0.15) is 4.98 Å². The number of hydrogen-bond donors (Lipinski definition) is 1. The molecule has 2 rings (SSSR count). The molecule has 92 valence electrons. The van der Waals surface area contributed by atoms with E-state index < -0.39 is 0 Å². The predicted octanol–water partition coefficient (Wildman–Crippen LogP) is 2.31. The molecule has 1 atom stereocenters. The third-order valence-electron chi connectivity index (χ3n) is 2.58. The summed E-state index contributed by atoms with van der Waals surface area (Å²) in [4.78, 5) is 4.30. The lowest BCUT2D eigenvalue weighted by atomic mass is 10.1. The van der Waals surface area contributed by atoms with Crippen molar-refractivity contribution in [3.8, 4) is 11.6 Å². The van der Waals surface area contributed by atoms with E-state index in [1.54, 1.807) is 6.26 Å². The fourth-order valence-electron chi connectivity index (χ4n) is 1.63. The second-order valence-corrected chi connectivity index (χ2v) is 4.31. The highest BCUT2D eigenvalue weighted by atomic mass is 16.5. The lowest BCUT2D eigenvalue weighted by Crippen LogP contribution is -2.14. The summed E-state index contributed by atoms with van der Waals surface area (Å²) in [6.45, 7) is 3.94. The first-order valence-electron chi connectivity index (χ1n) is 5.79. The van der Waals surface area contributed by atoms with Gasteiger partial charge in [0.2, 0.25) is 11.7 Å². The average molecular weight is 235 g/mol. The molecule has 0 spiro atoms. The van der Waals surface area contributed by atoms with Gasteiger partial charge in [0.15, 0.2) is 5.76 Å². The molecule has 0 saturated carbocycles. The number of rotatable bonds is 5. The van der Waals surface area contributed by atoms with Crippen molar-refractivity contribution in [1.82, 2.24) is 10.1 Å². The van der Waals surface area contributed by atoms with Gasteiger partial charge in [-0.15, -0.1) is 0 Å². The van der Waals surface area contributed by atoms with Crippen LogP contribution in [-0.2, 0) is 6.42 Å². The smallest absolute Gasteiger partial charge is 0.238 e. The minimum absolute atomic E-state index is 0.213. The molecule has 2 aromatic heterocycles. The lowest BCUT2D eigenvalue weighted by molar-refractivity contribution is 0.372. The molecule has 1 unspecified atom stereocenters. The van der Waals surface area contributed by atoms with Crippen molar-refractivity contribution in [1.29, 1.82) is 0 Å².